The molecule has 7 rings (SSSR count). The normalized spacial score (nSPS) is 17.3. The second kappa shape index (κ2) is 16.2. The van der Waals surface area contributed by atoms with Crippen LogP contribution in [-0.2, 0) is 22.0 Å². The fourth-order valence-corrected chi connectivity index (χ4v) is 6.85. The minimum Gasteiger partial charge on any atom is -0.393 e. The number of pyridine rings is 1. The van der Waals surface area contributed by atoms with E-state index in [0.717, 1.165) is 52.9 Å². The molecule has 3 amide bonds. The zero-order chi connectivity index (χ0) is 40.5. The maximum absolute atomic E-state index is 13.1. The van der Waals surface area contributed by atoms with Crippen molar-refractivity contribution in [2.45, 2.75) is 71.0 Å². The van der Waals surface area contributed by atoms with E-state index in [-0.39, 0.29) is 71.5 Å². The Morgan fingerprint density at radius 3 is 2.41 bits per heavy atom. The minimum atomic E-state index is -2.44. The predicted molar refractivity (Wildman–Crippen MR) is 209 cm³/mol. The number of nitrogens with two attached hydrogens (primary N) is 2. The van der Waals surface area contributed by atoms with E-state index in [1.807, 2.05) is 50.7 Å². The third-order valence-electron chi connectivity index (χ3n) is 10.4. The smallest absolute Gasteiger partial charge is 0.323 e. The van der Waals surface area contributed by atoms with Crippen molar-refractivity contribution in [1.29, 1.82) is 0 Å². The molecule has 9 N–H and O–H groups in total. The van der Waals surface area contributed by atoms with Crippen LogP contribution < -0.4 is 41.9 Å². The van der Waals surface area contributed by atoms with Crippen LogP contribution in [0.15, 0.2) is 65.9 Å². The number of para-hydroxylation sites is 1. The van der Waals surface area contributed by atoms with Crippen LogP contribution in [0.4, 0.5) is 11.4 Å². The Bertz CT molecular complexity index is 2050. The third kappa shape index (κ3) is 7.87. The molecule has 1 aromatic carbocycles. The van der Waals surface area contributed by atoms with Crippen molar-refractivity contribution in [2.24, 2.45) is 17.4 Å². The van der Waals surface area contributed by atoms with Crippen LogP contribution in [0, 0.1) is 5.92 Å². The number of benzene rings is 1. The van der Waals surface area contributed by atoms with Crippen molar-refractivity contribution in [3.8, 4) is 11.1 Å². The van der Waals surface area contributed by atoms with Crippen LogP contribution in [0.25, 0.3) is 11.1 Å². The Morgan fingerprint density at radius 2 is 1.77 bits per heavy atom. The van der Waals surface area contributed by atoms with Gasteiger partial charge in [-0.25, -0.2) is 4.90 Å². The molecule has 4 heterocycles. The Kier molecular flexibility index (Phi) is 11.6. The molecular weight excluding hydrogens is 718 g/mol. The molecule has 3 fully saturated rings. The molecular formula is C39H54N11O6+. The molecule has 0 radical (unpaired) electrons. The number of nitrogens with one attached hydrogen (secondary N) is 3. The van der Waals surface area contributed by atoms with Gasteiger partial charge in [0, 0.05) is 79.8 Å². The fraction of sp³-hybridized carbons (Fsp3) is 0.462. The Morgan fingerprint density at radius 1 is 1.07 bits per heavy atom. The lowest BCUT2D eigenvalue weighted by Crippen LogP contribution is -2.64. The van der Waals surface area contributed by atoms with Gasteiger partial charge in [-0.05, 0) is 44.7 Å². The Hall–Kier alpha value is -5.65. The lowest BCUT2D eigenvalue weighted by Gasteiger charge is -2.45. The van der Waals surface area contributed by atoms with Crippen LogP contribution >= 0.6 is 0 Å². The molecule has 4 aliphatic rings. The first kappa shape index (κ1) is 40.0. The van der Waals surface area contributed by atoms with Gasteiger partial charge in [0.25, 0.3) is 5.91 Å². The zero-order valence-corrected chi connectivity index (χ0v) is 32.9. The molecule has 2 saturated carbocycles. The van der Waals surface area contributed by atoms with E-state index in [4.69, 9.17) is 21.4 Å². The first-order valence-electron chi connectivity index (χ1n) is 19.1. The monoisotopic (exact) mass is 772 g/mol. The largest absolute Gasteiger partial charge is 0.393 e. The van der Waals surface area contributed by atoms with Crippen molar-refractivity contribution in [2.75, 3.05) is 51.1 Å². The van der Waals surface area contributed by atoms with Crippen LogP contribution in [0.1, 0.15) is 74.4 Å². The maximum Gasteiger partial charge on any atom is 0.323 e. The van der Waals surface area contributed by atoms with Gasteiger partial charge >= 0.3 is 23.2 Å². The molecule has 0 bridgehead atoms. The molecule has 3 aromatic rings. The van der Waals surface area contributed by atoms with Gasteiger partial charge < -0.3 is 47.4 Å². The number of amides is 3. The van der Waals surface area contributed by atoms with Gasteiger partial charge in [-0.3, -0.25) is 23.9 Å². The highest BCUT2D eigenvalue weighted by Crippen LogP contribution is 2.45. The molecule has 2 aromatic heterocycles. The first-order chi connectivity index (χ1) is 26.8. The summed E-state index contributed by atoms with van der Waals surface area (Å²) in [6, 6.07) is 10.3. The number of allylic oxidation sites excluding steroid dienone is 1. The summed E-state index contributed by atoms with van der Waals surface area (Å²) in [4.78, 5) is 49.0. The number of likely N-dealkylation sites (tertiary alicyclic amines) is 1. The second-order valence-corrected chi connectivity index (χ2v) is 14.4. The van der Waals surface area contributed by atoms with E-state index < -0.39 is 11.8 Å². The molecule has 1 saturated heterocycles. The van der Waals surface area contributed by atoms with Crippen molar-refractivity contribution in [1.82, 2.24) is 30.2 Å². The molecule has 0 spiro atoms. The van der Waals surface area contributed by atoms with Gasteiger partial charge in [-0.1, -0.05) is 26.0 Å². The number of rotatable bonds is 13. The summed E-state index contributed by atoms with van der Waals surface area (Å²) in [6.07, 6.45) is 6.70. The van der Waals surface area contributed by atoms with E-state index >= 15 is 0 Å². The van der Waals surface area contributed by atoms with Gasteiger partial charge in [0.15, 0.2) is 0 Å². The summed E-state index contributed by atoms with van der Waals surface area (Å²) in [6.45, 7) is 7.31. The molecule has 0 unspecified atom stereocenters. The quantitative estimate of drug-likeness (QED) is 0.0556. The average molecular weight is 773 g/mol. The van der Waals surface area contributed by atoms with E-state index in [2.05, 4.69) is 20.9 Å². The number of aromatic nitrogens is 3. The number of hydrogen-bond acceptors (Lipinski definition) is 12. The van der Waals surface area contributed by atoms with Crippen molar-refractivity contribution in [3.05, 3.63) is 83.0 Å². The van der Waals surface area contributed by atoms with Gasteiger partial charge in [0.1, 0.15) is 18.6 Å². The van der Waals surface area contributed by atoms with Crippen molar-refractivity contribution in [3.63, 3.8) is 0 Å². The van der Waals surface area contributed by atoms with Gasteiger partial charge in [0.2, 0.25) is 5.91 Å². The molecule has 2 aliphatic carbocycles. The van der Waals surface area contributed by atoms with Crippen LogP contribution in [0.5, 0.6) is 0 Å². The van der Waals surface area contributed by atoms with Crippen LogP contribution in [0.2, 0.25) is 0 Å². The number of carbonyl (C=O) groups excluding carboxylic acids is 3. The van der Waals surface area contributed by atoms with Gasteiger partial charge in [-0.15, -0.1) is 0 Å². The highest BCUT2D eigenvalue weighted by atomic mass is 16.7. The summed E-state index contributed by atoms with van der Waals surface area (Å²) in [5, 5.41) is 36.6. The van der Waals surface area contributed by atoms with Gasteiger partial charge in [0.05, 0.1) is 41.5 Å². The average Bonchev–Trinajstić information content (AvgIpc) is 4.12. The van der Waals surface area contributed by atoms with Gasteiger partial charge in [-0.2, -0.15) is 5.10 Å². The summed E-state index contributed by atoms with van der Waals surface area (Å²) in [5.74, 6) is -3.33. The minimum absolute atomic E-state index is 0.00374. The molecule has 17 heteroatoms. The number of anilines is 2. The van der Waals surface area contributed by atoms with E-state index in [1.165, 1.54) is 29.1 Å². The number of fused-ring (bicyclic) bond motifs is 3. The standard InChI is InChI=1S/C37H47N11O6.C2H6/c1-5-44(2)36(51)28-10-7-11-30(48(28)54-4)37(52,53)46-18-23(19-46)47-29-20-45(3)33-24(25(29)17-40-47)8-6-9-26(33)42-27(32(39)35(50)41-22-14-15-22)16-31(38)43-34(49)21-12-13-21;1-2/h6-11,16-17,21-23,39,52-53H,5,12-15,18-20H2,1-4H3,(H5,38,41,42,43,49,50,51);1-2H3/p+1. The molecule has 56 heavy (non-hydrogen) atoms. The molecule has 0 atom stereocenters. The Balaban J connectivity index is 0.00000262. The fourth-order valence-electron chi connectivity index (χ4n) is 6.85. The predicted octanol–water partition coefficient (Wildman–Crippen LogP) is 0.803. The summed E-state index contributed by atoms with van der Waals surface area (Å²) < 4.78 is 3.07. The van der Waals surface area contributed by atoms with Crippen molar-refractivity contribution >= 4 is 29.1 Å². The van der Waals surface area contributed by atoms with E-state index in [1.54, 1.807) is 25.4 Å². The Labute approximate surface area is 326 Å². The number of carbonyl (C=O) groups is 3. The lowest BCUT2D eigenvalue weighted by atomic mass is 9.97. The highest BCUT2D eigenvalue weighted by molar-refractivity contribution is 5.96. The molecule has 300 valence electrons. The summed E-state index contributed by atoms with van der Waals surface area (Å²) >= 11 is 0. The second-order valence-electron chi connectivity index (χ2n) is 14.4. The lowest BCUT2D eigenvalue weighted by molar-refractivity contribution is -0.898. The van der Waals surface area contributed by atoms with Crippen molar-refractivity contribution < 1.29 is 34.2 Å². The number of hydrogen-bond donors (Lipinski definition) is 7. The zero-order valence-electron chi connectivity index (χ0n) is 32.9. The first-order valence-corrected chi connectivity index (χ1v) is 19.1. The highest BCUT2D eigenvalue weighted by Gasteiger charge is 2.51. The van der Waals surface area contributed by atoms with Crippen LogP contribution in [-0.4, -0.2) is 94.4 Å². The summed E-state index contributed by atoms with van der Waals surface area (Å²) in [5.41, 5.74) is 17.3. The number of nitrogens with zero attached hydrogens (tertiary/aromatic N) is 6. The van der Waals surface area contributed by atoms with E-state index in [9.17, 15) is 24.6 Å². The van der Waals surface area contributed by atoms with E-state index in [0.29, 0.717) is 18.8 Å². The SMILES string of the molecule is CC.CCN(C)C(=O)c1cccc(C(O)(O)N2CC(n3ncc4c3CN(C)c3c(NC(/C=C(\N)NC(=O)C5CC5)=C(/N)C(=O)NC5CC5)cccc3-4)C2)[n+]1OC. The molecule has 2 aliphatic heterocycles. The summed E-state index contributed by atoms with van der Waals surface area (Å²) in [7, 11) is 4.97. The third-order valence-corrected chi connectivity index (χ3v) is 10.4. The maximum atomic E-state index is 13.1. The molecule has 17 nitrogen and oxygen atoms in total. The number of aliphatic hydroxyl groups is 2. The van der Waals surface area contributed by atoms with Crippen LogP contribution in [0.3, 0.4) is 0 Å². The topological polar surface area (TPSA) is 220 Å².